The number of aryl methyl sites for hydroxylation is 1. The zero-order valence-electron chi connectivity index (χ0n) is 15.0. The van der Waals surface area contributed by atoms with Gasteiger partial charge in [0.05, 0.1) is 4.90 Å². The zero-order valence-corrected chi connectivity index (χ0v) is 15.8. The molecule has 5 nitrogen and oxygen atoms in total. The Morgan fingerprint density at radius 1 is 0.741 bits per heavy atom. The lowest BCUT2D eigenvalue weighted by atomic mass is 10.2. The van der Waals surface area contributed by atoms with Gasteiger partial charge in [-0.3, -0.25) is 4.72 Å². The smallest absolute Gasteiger partial charge is 0.261 e. The largest absolute Gasteiger partial charge is 0.490 e. The van der Waals surface area contributed by atoms with Gasteiger partial charge in [0, 0.05) is 5.69 Å². The molecule has 0 bridgehead atoms. The Balaban J connectivity index is 1.51. The van der Waals surface area contributed by atoms with Crippen molar-refractivity contribution < 1.29 is 17.9 Å². The van der Waals surface area contributed by atoms with E-state index in [1.54, 1.807) is 48.5 Å². The van der Waals surface area contributed by atoms with Gasteiger partial charge in [-0.15, -0.1) is 0 Å². The summed E-state index contributed by atoms with van der Waals surface area (Å²) in [5, 5.41) is 0. The van der Waals surface area contributed by atoms with Crippen molar-refractivity contribution in [2.45, 2.75) is 11.8 Å². The molecule has 0 atom stereocenters. The number of ether oxygens (including phenoxy) is 2. The van der Waals surface area contributed by atoms with E-state index in [1.165, 1.54) is 0 Å². The number of benzene rings is 3. The number of rotatable bonds is 8. The van der Waals surface area contributed by atoms with Crippen LogP contribution in [0.3, 0.4) is 0 Å². The van der Waals surface area contributed by atoms with Crippen molar-refractivity contribution in [1.82, 2.24) is 0 Å². The van der Waals surface area contributed by atoms with Crippen LogP contribution in [0.1, 0.15) is 5.56 Å². The Bertz CT molecular complexity index is 953. The monoisotopic (exact) mass is 383 g/mol. The third-order valence-corrected chi connectivity index (χ3v) is 5.20. The molecule has 3 aromatic rings. The summed E-state index contributed by atoms with van der Waals surface area (Å²) in [6.07, 6.45) is 0. The van der Waals surface area contributed by atoms with Crippen LogP contribution in [0.5, 0.6) is 11.5 Å². The predicted molar refractivity (Wildman–Crippen MR) is 106 cm³/mol. The van der Waals surface area contributed by atoms with Crippen molar-refractivity contribution in [2.24, 2.45) is 0 Å². The van der Waals surface area contributed by atoms with Crippen LogP contribution < -0.4 is 14.2 Å². The molecular weight excluding hydrogens is 362 g/mol. The Morgan fingerprint density at radius 3 is 1.89 bits per heavy atom. The van der Waals surface area contributed by atoms with E-state index in [0.717, 1.165) is 11.3 Å². The van der Waals surface area contributed by atoms with Crippen LogP contribution in [0, 0.1) is 6.92 Å². The highest BCUT2D eigenvalue weighted by atomic mass is 32.2. The molecule has 0 amide bonds. The van der Waals surface area contributed by atoms with Gasteiger partial charge in [0.1, 0.15) is 24.7 Å². The maximum atomic E-state index is 12.4. The van der Waals surface area contributed by atoms with Crippen LogP contribution in [0.25, 0.3) is 0 Å². The highest BCUT2D eigenvalue weighted by Crippen LogP contribution is 2.20. The van der Waals surface area contributed by atoms with Crippen LogP contribution in [-0.2, 0) is 10.0 Å². The fourth-order valence-electron chi connectivity index (χ4n) is 2.39. The second-order valence-electron chi connectivity index (χ2n) is 5.95. The molecular formula is C21H21NO4S. The first-order chi connectivity index (χ1) is 13.0. The first kappa shape index (κ1) is 18.8. The summed E-state index contributed by atoms with van der Waals surface area (Å²) in [5.41, 5.74) is 1.48. The van der Waals surface area contributed by atoms with E-state index in [2.05, 4.69) is 4.72 Å². The standard InChI is InChI=1S/C21H21NO4S/c1-17-7-13-21(14-8-17)27(23,24)22-18-9-11-20(12-10-18)26-16-15-25-19-5-3-2-4-6-19/h2-14,22H,15-16H2,1H3. The Hall–Kier alpha value is -2.99. The Morgan fingerprint density at radius 2 is 1.30 bits per heavy atom. The molecule has 0 aliphatic rings. The van der Waals surface area contributed by atoms with Crippen molar-refractivity contribution in [2.75, 3.05) is 17.9 Å². The number of para-hydroxylation sites is 1. The summed E-state index contributed by atoms with van der Waals surface area (Å²) in [6, 6.07) is 23.0. The lowest BCUT2D eigenvalue weighted by Gasteiger charge is -2.10. The zero-order chi connectivity index (χ0) is 19.1. The molecule has 0 saturated carbocycles. The maximum Gasteiger partial charge on any atom is 0.261 e. The summed E-state index contributed by atoms with van der Waals surface area (Å²) >= 11 is 0. The minimum absolute atomic E-state index is 0.228. The molecule has 140 valence electrons. The van der Waals surface area contributed by atoms with Crippen molar-refractivity contribution in [3.05, 3.63) is 84.4 Å². The molecule has 0 aliphatic heterocycles. The number of hydrogen-bond acceptors (Lipinski definition) is 4. The lowest BCUT2D eigenvalue weighted by Crippen LogP contribution is -2.13. The van der Waals surface area contributed by atoms with Gasteiger partial charge in [0.25, 0.3) is 10.0 Å². The van der Waals surface area contributed by atoms with Crippen LogP contribution in [-0.4, -0.2) is 21.6 Å². The Labute approximate surface area is 159 Å². The van der Waals surface area contributed by atoms with E-state index in [1.807, 2.05) is 37.3 Å². The summed E-state index contributed by atoms with van der Waals surface area (Å²) < 4.78 is 38.5. The predicted octanol–water partition coefficient (Wildman–Crippen LogP) is 4.25. The second-order valence-corrected chi connectivity index (χ2v) is 7.64. The fraction of sp³-hybridized carbons (Fsp3) is 0.143. The first-order valence-electron chi connectivity index (χ1n) is 8.53. The van der Waals surface area contributed by atoms with Gasteiger partial charge in [-0.2, -0.15) is 0 Å². The van der Waals surface area contributed by atoms with E-state index in [4.69, 9.17) is 9.47 Å². The van der Waals surface area contributed by atoms with Gasteiger partial charge < -0.3 is 9.47 Å². The molecule has 3 aromatic carbocycles. The number of nitrogens with one attached hydrogen (secondary N) is 1. The molecule has 0 spiro atoms. The molecule has 6 heteroatoms. The molecule has 0 aromatic heterocycles. The van der Waals surface area contributed by atoms with Gasteiger partial charge in [-0.05, 0) is 55.5 Å². The van der Waals surface area contributed by atoms with Gasteiger partial charge in [-0.1, -0.05) is 35.9 Å². The molecule has 0 radical (unpaired) electrons. The minimum Gasteiger partial charge on any atom is -0.490 e. The van der Waals surface area contributed by atoms with Crippen molar-refractivity contribution in [1.29, 1.82) is 0 Å². The Kier molecular flexibility index (Phi) is 5.98. The average molecular weight is 383 g/mol. The van der Waals surface area contributed by atoms with E-state index < -0.39 is 10.0 Å². The fourth-order valence-corrected chi connectivity index (χ4v) is 3.45. The minimum atomic E-state index is -3.61. The maximum absolute atomic E-state index is 12.4. The number of hydrogen-bond donors (Lipinski definition) is 1. The SMILES string of the molecule is Cc1ccc(S(=O)(=O)Nc2ccc(OCCOc3ccccc3)cc2)cc1. The summed E-state index contributed by atoms with van der Waals surface area (Å²) in [5.74, 6) is 1.44. The van der Waals surface area contributed by atoms with E-state index >= 15 is 0 Å². The third-order valence-electron chi connectivity index (χ3n) is 3.80. The van der Waals surface area contributed by atoms with Gasteiger partial charge in [0.15, 0.2) is 0 Å². The van der Waals surface area contributed by atoms with E-state index in [9.17, 15) is 8.42 Å². The van der Waals surface area contributed by atoms with Gasteiger partial charge >= 0.3 is 0 Å². The van der Waals surface area contributed by atoms with Crippen LogP contribution >= 0.6 is 0 Å². The average Bonchev–Trinajstić information content (AvgIpc) is 2.67. The van der Waals surface area contributed by atoms with Gasteiger partial charge in [0.2, 0.25) is 0 Å². The van der Waals surface area contributed by atoms with Gasteiger partial charge in [-0.25, -0.2) is 8.42 Å². The quantitative estimate of drug-likeness (QED) is 0.591. The topological polar surface area (TPSA) is 64.6 Å². The molecule has 0 unspecified atom stereocenters. The number of anilines is 1. The van der Waals surface area contributed by atoms with E-state index in [-0.39, 0.29) is 4.90 Å². The molecule has 3 rings (SSSR count). The highest BCUT2D eigenvalue weighted by Gasteiger charge is 2.13. The third kappa shape index (κ3) is 5.49. The summed E-state index contributed by atoms with van der Waals surface area (Å²) in [6.45, 7) is 2.72. The summed E-state index contributed by atoms with van der Waals surface area (Å²) in [7, 11) is -3.61. The molecule has 1 N–H and O–H groups in total. The highest BCUT2D eigenvalue weighted by molar-refractivity contribution is 7.92. The second kappa shape index (κ2) is 8.60. The number of sulfonamides is 1. The van der Waals surface area contributed by atoms with Crippen LogP contribution in [0.2, 0.25) is 0 Å². The van der Waals surface area contributed by atoms with Crippen molar-refractivity contribution in [3.63, 3.8) is 0 Å². The summed E-state index contributed by atoms with van der Waals surface area (Å²) in [4.78, 5) is 0.228. The molecule has 0 aliphatic carbocycles. The molecule has 0 saturated heterocycles. The molecule has 0 heterocycles. The van der Waals surface area contributed by atoms with Crippen molar-refractivity contribution >= 4 is 15.7 Å². The lowest BCUT2D eigenvalue weighted by molar-refractivity contribution is 0.217. The molecule has 0 fully saturated rings. The van der Waals surface area contributed by atoms with Crippen LogP contribution in [0.4, 0.5) is 5.69 Å². The van der Waals surface area contributed by atoms with Crippen LogP contribution in [0.15, 0.2) is 83.8 Å². The first-order valence-corrected chi connectivity index (χ1v) is 10.0. The normalized spacial score (nSPS) is 11.0. The van der Waals surface area contributed by atoms with Crippen molar-refractivity contribution in [3.8, 4) is 11.5 Å². The van der Waals surface area contributed by atoms with E-state index in [0.29, 0.717) is 24.7 Å². The molecule has 27 heavy (non-hydrogen) atoms.